The molecule has 1 aliphatic heterocycles. The van der Waals surface area contributed by atoms with Crippen molar-refractivity contribution in [2.24, 2.45) is 5.92 Å². The van der Waals surface area contributed by atoms with Crippen molar-refractivity contribution in [2.75, 3.05) is 19.7 Å². The average Bonchev–Trinajstić information content (AvgIpc) is 1.84. The smallest absolute Gasteiger partial charge is 0.0823 e. The summed E-state index contributed by atoms with van der Waals surface area (Å²) >= 11 is 0. The minimum absolute atomic E-state index is 0.508. The lowest BCUT2D eigenvalue weighted by Gasteiger charge is -2.28. The van der Waals surface area contributed by atoms with E-state index in [2.05, 4.69) is 19.2 Å². The Morgan fingerprint density at radius 2 is 2.30 bits per heavy atom. The summed E-state index contributed by atoms with van der Waals surface area (Å²) in [7, 11) is 0. The molecule has 0 aromatic carbocycles. The Morgan fingerprint density at radius 3 is 2.70 bits per heavy atom. The number of hydrogen-bond acceptors (Lipinski definition) is 2. The van der Waals surface area contributed by atoms with Crippen molar-refractivity contribution in [1.29, 1.82) is 0 Å². The zero-order chi connectivity index (χ0) is 7.40. The molecule has 0 aromatic rings. The predicted octanol–water partition coefficient (Wildman–Crippen LogP) is 1.02. The fraction of sp³-hybridized carbons (Fsp3) is 1.00. The van der Waals surface area contributed by atoms with E-state index in [0.29, 0.717) is 6.10 Å². The molecule has 1 heterocycles. The van der Waals surface area contributed by atoms with E-state index < -0.39 is 0 Å². The highest BCUT2D eigenvalue weighted by atomic mass is 16.5. The average molecular weight is 143 g/mol. The van der Waals surface area contributed by atoms with Crippen LogP contribution in [0.4, 0.5) is 0 Å². The molecule has 0 aromatic heterocycles. The van der Waals surface area contributed by atoms with Gasteiger partial charge >= 0.3 is 0 Å². The molecule has 10 heavy (non-hydrogen) atoms. The first kappa shape index (κ1) is 8.02. The van der Waals surface area contributed by atoms with Crippen molar-refractivity contribution in [3.05, 3.63) is 0 Å². The van der Waals surface area contributed by atoms with Gasteiger partial charge < -0.3 is 10.1 Å². The van der Waals surface area contributed by atoms with Gasteiger partial charge in [0, 0.05) is 19.7 Å². The second-order valence-electron chi connectivity index (χ2n) is 3.13. The molecule has 2 nitrogen and oxygen atoms in total. The van der Waals surface area contributed by atoms with Gasteiger partial charge in [0.25, 0.3) is 0 Å². The normalized spacial score (nSPS) is 22.2. The van der Waals surface area contributed by atoms with Crippen molar-refractivity contribution in [1.82, 2.24) is 5.32 Å². The van der Waals surface area contributed by atoms with Crippen LogP contribution in [0.15, 0.2) is 0 Å². The number of hydrogen-bond donors (Lipinski definition) is 1. The molecule has 1 rings (SSSR count). The second kappa shape index (κ2) is 3.94. The molecular formula is C8H17NO. The monoisotopic (exact) mass is 143 g/mol. The molecule has 1 atom stereocenters. The largest absolute Gasteiger partial charge is 0.375 e. The van der Waals surface area contributed by atoms with E-state index in [9.17, 15) is 0 Å². The third-order valence-corrected chi connectivity index (χ3v) is 2.06. The number of nitrogens with one attached hydrogen (secondary N) is 1. The van der Waals surface area contributed by atoms with Gasteiger partial charge in [0.15, 0.2) is 0 Å². The molecule has 0 bridgehead atoms. The third kappa shape index (κ3) is 2.27. The maximum absolute atomic E-state index is 5.57. The van der Waals surface area contributed by atoms with Crippen molar-refractivity contribution in [2.45, 2.75) is 26.4 Å². The van der Waals surface area contributed by atoms with Crippen molar-refractivity contribution < 1.29 is 4.74 Å². The van der Waals surface area contributed by atoms with E-state index in [1.54, 1.807) is 0 Å². The maximum Gasteiger partial charge on any atom is 0.0823 e. The zero-order valence-electron chi connectivity index (χ0n) is 6.89. The van der Waals surface area contributed by atoms with Crippen LogP contribution in [-0.2, 0) is 4.74 Å². The van der Waals surface area contributed by atoms with E-state index >= 15 is 0 Å². The van der Waals surface area contributed by atoms with Gasteiger partial charge in [-0.2, -0.15) is 0 Å². The molecule has 0 radical (unpaired) electrons. The van der Waals surface area contributed by atoms with Crippen molar-refractivity contribution >= 4 is 0 Å². The molecule has 0 spiro atoms. The standard InChI is InChI=1S/C8H17NO/c1-3-7(2)6-10-8-4-9-5-8/h7-9H,3-6H2,1-2H3. The molecule has 1 aliphatic rings. The second-order valence-corrected chi connectivity index (χ2v) is 3.13. The Balaban J connectivity index is 1.93. The van der Waals surface area contributed by atoms with Crippen LogP contribution < -0.4 is 5.32 Å². The van der Waals surface area contributed by atoms with Gasteiger partial charge in [-0.05, 0) is 5.92 Å². The lowest BCUT2D eigenvalue weighted by atomic mass is 10.1. The summed E-state index contributed by atoms with van der Waals surface area (Å²) in [6.07, 6.45) is 1.73. The van der Waals surface area contributed by atoms with Crippen LogP contribution in [0.25, 0.3) is 0 Å². The topological polar surface area (TPSA) is 21.3 Å². The van der Waals surface area contributed by atoms with Gasteiger partial charge in [-0.15, -0.1) is 0 Å². The fourth-order valence-corrected chi connectivity index (χ4v) is 0.798. The number of ether oxygens (including phenoxy) is 1. The Bertz CT molecular complexity index is 86.5. The van der Waals surface area contributed by atoms with Crippen LogP contribution in [0.1, 0.15) is 20.3 Å². The SMILES string of the molecule is CCC(C)COC1CNC1. The molecule has 0 aliphatic carbocycles. The molecular weight excluding hydrogens is 126 g/mol. The van der Waals surface area contributed by atoms with Crippen LogP contribution in [-0.4, -0.2) is 25.8 Å². The summed E-state index contributed by atoms with van der Waals surface area (Å²) in [4.78, 5) is 0. The molecule has 0 amide bonds. The predicted molar refractivity (Wildman–Crippen MR) is 42.1 cm³/mol. The lowest BCUT2D eigenvalue weighted by Crippen LogP contribution is -2.48. The van der Waals surface area contributed by atoms with Crippen molar-refractivity contribution in [3.8, 4) is 0 Å². The molecule has 1 fully saturated rings. The first-order chi connectivity index (χ1) is 4.83. The van der Waals surface area contributed by atoms with E-state index in [-0.39, 0.29) is 0 Å². The highest BCUT2D eigenvalue weighted by Gasteiger charge is 2.17. The zero-order valence-corrected chi connectivity index (χ0v) is 6.89. The summed E-state index contributed by atoms with van der Waals surface area (Å²) in [6, 6.07) is 0. The van der Waals surface area contributed by atoms with Gasteiger partial charge in [0.1, 0.15) is 0 Å². The molecule has 1 N–H and O–H groups in total. The summed E-state index contributed by atoms with van der Waals surface area (Å²) in [5.74, 6) is 0.723. The Morgan fingerprint density at radius 1 is 1.60 bits per heavy atom. The summed E-state index contributed by atoms with van der Waals surface area (Å²) < 4.78 is 5.57. The summed E-state index contributed by atoms with van der Waals surface area (Å²) in [5.41, 5.74) is 0. The van der Waals surface area contributed by atoms with Gasteiger partial charge in [0.05, 0.1) is 6.10 Å². The Labute approximate surface area is 63.0 Å². The van der Waals surface area contributed by atoms with Gasteiger partial charge in [-0.3, -0.25) is 0 Å². The number of rotatable bonds is 4. The minimum atomic E-state index is 0.508. The molecule has 2 heteroatoms. The van der Waals surface area contributed by atoms with Crippen LogP contribution in [0.5, 0.6) is 0 Å². The molecule has 60 valence electrons. The maximum atomic E-state index is 5.57. The highest BCUT2D eigenvalue weighted by Crippen LogP contribution is 2.05. The Hall–Kier alpha value is -0.0800. The van der Waals surface area contributed by atoms with Gasteiger partial charge in [-0.1, -0.05) is 20.3 Å². The van der Waals surface area contributed by atoms with Crippen LogP contribution in [0.3, 0.4) is 0 Å². The van der Waals surface area contributed by atoms with Crippen LogP contribution in [0, 0.1) is 5.92 Å². The Kier molecular flexibility index (Phi) is 3.16. The summed E-state index contributed by atoms with van der Waals surface area (Å²) in [5, 5.41) is 3.18. The van der Waals surface area contributed by atoms with E-state index in [0.717, 1.165) is 25.6 Å². The third-order valence-electron chi connectivity index (χ3n) is 2.06. The quantitative estimate of drug-likeness (QED) is 0.634. The van der Waals surface area contributed by atoms with E-state index in [1.807, 2.05) is 0 Å². The minimum Gasteiger partial charge on any atom is -0.375 e. The highest BCUT2D eigenvalue weighted by molar-refractivity contribution is 4.74. The first-order valence-corrected chi connectivity index (χ1v) is 4.15. The molecule has 1 unspecified atom stereocenters. The van der Waals surface area contributed by atoms with Crippen molar-refractivity contribution in [3.63, 3.8) is 0 Å². The van der Waals surface area contributed by atoms with E-state index in [4.69, 9.17) is 4.74 Å². The first-order valence-electron chi connectivity index (χ1n) is 4.15. The lowest BCUT2D eigenvalue weighted by molar-refractivity contribution is 0.00166. The fourth-order valence-electron chi connectivity index (χ4n) is 0.798. The van der Waals surface area contributed by atoms with Gasteiger partial charge in [0.2, 0.25) is 0 Å². The van der Waals surface area contributed by atoms with Crippen LogP contribution in [0.2, 0.25) is 0 Å². The molecule has 1 saturated heterocycles. The van der Waals surface area contributed by atoms with Crippen LogP contribution >= 0.6 is 0 Å². The molecule has 0 saturated carbocycles. The van der Waals surface area contributed by atoms with E-state index in [1.165, 1.54) is 6.42 Å². The van der Waals surface area contributed by atoms with Gasteiger partial charge in [-0.25, -0.2) is 0 Å². The summed E-state index contributed by atoms with van der Waals surface area (Å²) in [6.45, 7) is 7.47.